The summed E-state index contributed by atoms with van der Waals surface area (Å²) in [5.41, 5.74) is 1.50. The van der Waals surface area contributed by atoms with Gasteiger partial charge >= 0.3 is 6.61 Å². The van der Waals surface area contributed by atoms with Gasteiger partial charge < -0.3 is 9.30 Å². The highest BCUT2D eigenvalue weighted by Gasteiger charge is 2.15. The summed E-state index contributed by atoms with van der Waals surface area (Å²) in [6.45, 7) is -0.951. The summed E-state index contributed by atoms with van der Waals surface area (Å²) in [6.07, 6.45) is 2.62. The molecule has 0 saturated heterocycles. The van der Waals surface area contributed by atoms with Crippen LogP contribution >= 0.6 is 11.6 Å². The summed E-state index contributed by atoms with van der Waals surface area (Å²) in [4.78, 5) is 8.31. The van der Waals surface area contributed by atoms with Gasteiger partial charge in [-0.05, 0) is 13.0 Å². The van der Waals surface area contributed by atoms with Gasteiger partial charge in [0.15, 0.2) is 0 Å². The van der Waals surface area contributed by atoms with E-state index >= 15 is 0 Å². The van der Waals surface area contributed by atoms with E-state index in [1.807, 2.05) is 0 Å². The second-order valence-electron chi connectivity index (χ2n) is 3.84. The first-order valence-corrected chi connectivity index (χ1v) is 5.94. The molecule has 0 radical (unpaired) electrons. The number of halogens is 3. The predicted octanol–water partition coefficient (Wildman–Crippen LogP) is 2.80. The molecule has 0 unspecified atom stereocenters. The molecule has 1 atom stereocenters. The van der Waals surface area contributed by atoms with Crippen molar-refractivity contribution in [2.45, 2.75) is 32.1 Å². The first kappa shape index (κ1) is 13.2. The van der Waals surface area contributed by atoms with Crippen LogP contribution in [0.1, 0.15) is 12.7 Å². The van der Waals surface area contributed by atoms with E-state index in [0.717, 1.165) is 11.0 Å². The van der Waals surface area contributed by atoms with Gasteiger partial charge in [0, 0.05) is 6.20 Å². The van der Waals surface area contributed by atoms with Crippen LogP contribution in [-0.2, 0) is 17.2 Å². The molecule has 0 aliphatic carbocycles. The Kier molecular flexibility index (Phi) is 4.08. The molecule has 0 aliphatic rings. The highest BCUT2D eigenvalue weighted by atomic mass is 35.5. The van der Waals surface area contributed by atoms with Crippen molar-refractivity contribution in [2.75, 3.05) is 0 Å². The van der Waals surface area contributed by atoms with Crippen LogP contribution < -0.4 is 0 Å². The summed E-state index contributed by atoms with van der Waals surface area (Å²) in [7, 11) is 0. The summed E-state index contributed by atoms with van der Waals surface area (Å²) in [5, 5.41) is 0. The van der Waals surface area contributed by atoms with Crippen molar-refractivity contribution >= 4 is 22.6 Å². The number of nitrogens with zero attached hydrogens (tertiary/aromatic N) is 3. The zero-order valence-corrected chi connectivity index (χ0v) is 10.4. The molecular formula is C11H12ClF2N3O. The quantitative estimate of drug-likeness (QED) is 0.788. The molecule has 0 saturated carbocycles. The van der Waals surface area contributed by atoms with Gasteiger partial charge in [0.25, 0.3) is 0 Å². The minimum atomic E-state index is -2.78. The molecule has 7 heteroatoms. The summed E-state index contributed by atoms with van der Waals surface area (Å²) >= 11 is 5.80. The average Bonchev–Trinajstić information content (AvgIpc) is 2.66. The molecule has 0 aromatic carbocycles. The highest BCUT2D eigenvalue weighted by Crippen LogP contribution is 2.18. The number of fused-ring (bicyclic) bond motifs is 1. The molecule has 98 valence electrons. The lowest BCUT2D eigenvalue weighted by Gasteiger charge is -2.14. The Morgan fingerprint density at radius 3 is 2.94 bits per heavy atom. The lowest BCUT2D eigenvalue weighted by molar-refractivity contribution is -0.160. The fourth-order valence-corrected chi connectivity index (χ4v) is 2.01. The Balaban J connectivity index is 2.30. The third-order valence-electron chi connectivity index (χ3n) is 2.52. The largest absolute Gasteiger partial charge is 0.345 e. The number of pyridine rings is 1. The normalized spacial score (nSPS) is 13.4. The zero-order valence-electron chi connectivity index (χ0n) is 9.68. The fourth-order valence-electron chi connectivity index (χ4n) is 1.80. The number of ether oxygens (including phenoxy) is 1. The van der Waals surface area contributed by atoms with Crippen LogP contribution in [0.15, 0.2) is 18.5 Å². The van der Waals surface area contributed by atoms with Crippen molar-refractivity contribution in [3.05, 3.63) is 24.3 Å². The Hall–Kier alpha value is -1.27. The van der Waals surface area contributed by atoms with E-state index in [1.54, 1.807) is 30.0 Å². The minimum Gasteiger partial charge on any atom is -0.323 e. The molecule has 18 heavy (non-hydrogen) atoms. The Labute approximate surface area is 108 Å². The van der Waals surface area contributed by atoms with E-state index in [2.05, 4.69) is 14.7 Å². The standard InChI is InChI=1S/C11H12ClF2N3O/c1-7(18-11(13)14)6-17-9-5-15-3-2-8(9)16-10(17)4-12/h2-3,5,7,11H,4,6H2,1H3/t7-/m1/s1. The maximum absolute atomic E-state index is 12.1. The van der Waals surface area contributed by atoms with Gasteiger partial charge in [0.1, 0.15) is 5.82 Å². The van der Waals surface area contributed by atoms with Gasteiger partial charge in [0.05, 0.1) is 35.8 Å². The van der Waals surface area contributed by atoms with E-state index in [9.17, 15) is 8.78 Å². The van der Waals surface area contributed by atoms with Crippen LogP contribution in [0.5, 0.6) is 0 Å². The van der Waals surface area contributed by atoms with E-state index < -0.39 is 12.7 Å². The molecule has 0 amide bonds. The van der Waals surface area contributed by atoms with E-state index in [1.165, 1.54) is 0 Å². The number of aromatic nitrogens is 3. The number of imidazole rings is 1. The topological polar surface area (TPSA) is 39.9 Å². The van der Waals surface area contributed by atoms with Crippen molar-refractivity contribution in [1.29, 1.82) is 0 Å². The monoisotopic (exact) mass is 275 g/mol. The van der Waals surface area contributed by atoms with Crippen LogP contribution in [-0.4, -0.2) is 27.3 Å². The molecule has 2 rings (SSSR count). The molecule has 0 bridgehead atoms. The summed E-state index contributed by atoms with van der Waals surface area (Å²) < 4.78 is 30.4. The average molecular weight is 276 g/mol. The predicted molar refractivity (Wildman–Crippen MR) is 63.6 cm³/mol. The number of hydrogen-bond donors (Lipinski definition) is 0. The maximum Gasteiger partial charge on any atom is 0.345 e. The first-order chi connectivity index (χ1) is 8.61. The Morgan fingerprint density at radius 1 is 1.50 bits per heavy atom. The SMILES string of the molecule is C[C@H](Cn1c(CCl)nc2ccncc21)OC(F)F. The van der Waals surface area contributed by atoms with Crippen molar-refractivity contribution in [3.63, 3.8) is 0 Å². The van der Waals surface area contributed by atoms with Crippen LogP contribution in [0, 0.1) is 0 Å². The van der Waals surface area contributed by atoms with Crippen molar-refractivity contribution in [3.8, 4) is 0 Å². The molecule has 0 aliphatic heterocycles. The van der Waals surface area contributed by atoms with Gasteiger partial charge in [-0.1, -0.05) is 0 Å². The van der Waals surface area contributed by atoms with Crippen LogP contribution in [0.2, 0.25) is 0 Å². The van der Waals surface area contributed by atoms with E-state index in [4.69, 9.17) is 11.6 Å². The highest BCUT2D eigenvalue weighted by molar-refractivity contribution is 6.16. The smallest absolute Gasteiger partial charge is 0.323 e. The van der Waals surface area contributed by atoms with Crippen molar-refractivity contribution < 1.29 is 13.5 Å². The number of rotatable bonds is 5. The lowest BCUT2D eigenvalue weighted by Crippen LogP contribution is -2.20. The maximum atomic E-state index is 12.1. The minimum absolute atomic E-state index is 0.204. The second kappa shape index (κ2) is 5.58. The van der Waals surface area contributed by atoms with Crippen LogP contribution in [0.3, 0.4) is 0 Å². The van der Waals surface area contributed by atoms with Gasteiger partial charge in [-0.3, -0.25) is 4.98 Å². The van der Waals surface area contributed by atoms with Crippen LogP contribution in [0.25, 0.3) is 11.0 Å². The number of hydrogen-bond acceptors (Lipinski definition) is 3. The second-order valence-corrected chi connectivity index (χ2v) is 4.11. The van der Waals surface area contributed by atoms with E-state index in [-0.39, 0.29) is 12.4 Å². The molecule has 0 N–H and O–H groups in total. The van der Waals surface area contributed by atoms with Gasteiger partial charge in [-0.15, -0.1) is 11.6 Å². The molecule has 2 heterocycles. The Morgan fingerprint density at radius 2 is 2.28 bits per heavy atom. The van der Waals surface area contributed by atoms with Crippen LogP contribution in [0.4, 0.5) is 8.78 Å². The molecule has 2 aromatic rings. The van der Waals surface area contributed by atoms with Gasteiger partial charge in [0.2, 0.25) is 0 Å². The molecule has 2 aromatic heterocycles. The van der Waals surface area contributed by atoms with Crippen molar-refractivity contribution in [1.82, 2.24) is 14.5 Å². The van der Waals surface area contributed by atoms with Gasteiger partial charge in [-0.2, -0.15) is 8.78 Å². The molecule has 0 spiro atoms. The fraction of sp³-hybridized carbons (Fsp3) is 0.455. The third-order valence-corrected chi connectivity index (χ3v) is 2.76. The first-order valence-electron chi connectivity index (χ1n) is 5.40. The zero-order chi connectivity index (χ0) is 13.1. The molecule has 4 nitrogen and oxygen atoms in total. The molecule has 0 fully saturated rings. The van der Waals surface area contributed by atoms with E-state index in [0.29, 0.717) is 5.82 Å². The third kappa shape index (κ3) is 2.76. The molecular weight excluding hydrogens is 264 g/mol. The summed E-state index contributed by atoms with van der Waals surface area (Å²) in [6, 6.07) is 1.75. The van der Waals surface area contributed by atoms with Crippen molar-refractivity contribution in [2.24, 2.45) is 0 Å². The van der Waals surface area contributed by atoms with Gasteiger partial charge in [-0.25, -0.2) is 4.98 Å². The summed E-state index contributed by atoms with van der Waals surface area (Å²) in [5.74, 6) is 0.820. The lowest BCUT2D eigenvalue weighted by atomic mass is 10.3. The Bertz CT molecular complexity index is 532. The number of alkyl halides is 3.